The predicted octanol–water partition coefficient (Wildman–Crippen LogP) is 4.88. The summed E-state index contributed by atoms with van der Waals surface area (Å²) in [5.41, 5.74) is 2.54. The second-order valence-corrected chi connectivity index (χ2v) is 7.42. The molecule has 0 spiro atoms. The lowest BCUT2D eigenvalue weighted by atomic mass is 10.1. The Morgan fingerprint density at radius 2 is 1.88 bits per heavy atom. The number of benzene rings is 1. The lowest BCUT2D eigenvalue weighted by Gasteiger charge is -2.19. The molecule has 1 aromatic carbocycles. The van der Waals surface area contributed by atoms with Crippen LogP contribution in [0.4, 0.5) is 4.79 Å². The Bertz CT molecular complexity index is 719. The Labute approximate surface area is 156 Å². The maximum absolute atomic E-state index is 11.6. The van der Waals surface area contributed by atoms with Gasteiger partial charge in [-0.1, -0.05) is 36.4 Å². The molecule has 0 aliphatic rings. The summed E-state index contributed by atoms with van der Waals surface area (Å²) in [4.78, 5) is 16.1. The molecule has 0 aliphatic carbocycles. The van der Waals surface area contributed by atoms with E-state index >= 15 is 0 Å². The molecule has 4 nitrogen and oxygen atoms in total. The Morgan fingerprint density at radius 1 is 1.17 bits per heavy atom. The Balaban J connectivity index is 1.90. The fourth-order valence-electron chi connectivity index (χ4n) is 1.93. The van der Waals surface area contributed by atoms with E-state index in [9.17, 15) is 4.79 Å². The van der Waals surface area contributed by atoms with Gasteiger partial charge in [0.2, 0.25) is 0 Å². The van der Waals surface area contributed by atoms with E-state index in [1.807, 2.05) is 75.4 Å². The third-order valence-electron chi connectivity index (χ3n) is 3.00. The number of ether oxygens (including phenoxy) is 1. The van der Waals surface area contributed by atoms with Gasteiger partial charge in [0.15, 0.2) is 0 Å². The van der Waals surface area contributed by atoms with Crippen LogP contribution < -0.4 is 5.32 Å². The molecule has 0 aliphatic heterocycles. The number of hydrogen-bond donors (Lipinski definition) is 1. The van der Waals surface area contributed by atoms with Crippen LogP contribution in [-0.4, -0.2) is 16.7 Å². The van der Waals surface area contributed by atoms with Gasteiger partial charge in [0.25, 0.3) is 0 Å². The van der Waals surface area contributed by atoms with Crippen molar-refractivity contribution in [1.82, 2.24) is 10.3 Å². The molecule has 1 heterocycles. The predicted molar refractivity (Wildman–Crippen MR) is 105 cm³/mol. The molecule has 0 saturated heterocycles. The summed E-state index contributed by atoms with van der Waals surface area (Å²) >= 11 is 2.20. The van der Waals surface area contributed by atoms with Crippen molar-refractivity contribution in [3.8, 4) is 0 Å². The van der Waals surface area contributed by atoms with Crippen molar-refractivity contribution in [2.24, 2.45) is 0 Å². The average molecular weight is 436 g/mol. The fraction of sp³-hybridized carbons (Fsp3) is 0.263. The van der Waals surface area contributed by atoms with Gasteiger partial charge in [-0.25, -0.2) is 9.78 Å². The number of rotatable bonds is 4. The molecule has 1 N–H and O–H groups in total. The highest BCUT2D eigenvalue weighted by atomic mass is 127. The minimum atomic E-state index is -0.484. The third-order valence-corrected chi connectivity index (χ3v) is 3.60. The number of halogens is 1. The minimum absolute atomic E-state index is 0.406. The fourth-order valence-corrected chi connectivity index (χ4v) is 2.42. The van der Waals surface area contributed by atoms with E-state index < -0.39 is 11.7 Å². The van der Waals surface area contributed by atoms with E-state index in [2.05, 4.69) is 32.9 Å². The quantitative estimate of drug-likeness (QED) is 0.549. The first kappa shape index (κ1) is 18.4. The number of carbonyl (C=O) groups is 1. The number of nitrogens with one attached hydrogen (secondary N) is 1. The zero-order valence-corrected chi connectivity index (χ0v) is 16.2. The molecular weight excluding hydrogens is 415 g/mol. The van der Waals surface area contributed by atoms with E-state index in [0.29, 0.717) is 6.54 Å². The van der Waals surface area contributed by atoms with Gasteiger partial charge in [-0.2, -0.15) is 0 Å². The first-order chi connectivity index (χ1) is 11.3. The summed E-state index contributed by atoms with van der Waals surface area (Å²) in [5.74, 6) is 0. The summed E-state index contributed by atoms with van der Waals surface area (Å²) in [6.45, 7) is 5.97. The maximum Gasteiger partial charge on any atom is 0.407 e. The van der Waals surface area contributed by atoms with Crippen LogP contribution in [0.5, 0.6) is 0 Å². The number of nitrogens with zero attached hydrogens (tertiary/aromatic N) is 1. The molecule has 1 aromatic heterocycles. The van der Waals surface area contributed by atoms with E-state index in [1.54, 1.807) is 0 Å². The second kappa shape index (κ2) is 8.28. The lowest BCUT2D eigenvalue weighted by molar-refractivity contribution is 0.0523. The van der Waals surface area contributed by atoms with Gasteiger partial charge < -0.3 is 10.1 Å². The molecule has 2 aromatic rings. The second-order valence-electron chi connectivity index (χ2n) is 6.32. The van der Waals surface area contributed by atoms with Gasteiger partial charge >= 0.3 is 6.09 Å². The van der Waals surface area contributed by atoms with Gasteiger partial charge in [-0.15, -0.1) is 0 Å². The van der Waals surface area contributed by atoms with E-state index in [0.717, 1.165) is 20.5 Å². The van der Waals surface area contributed by atoms with Crippen LogP contribution in [0.2, 0.25) is 0 Å². The molecule has 2 rings (SSSR count). The van der Waals surface area contributed by atoms with Crippen molar-refractivity contribution < 1.29 is 9.53 Å². The van der Waals surface area contributed by atoms with Crippen LogP contribution in [0.15, 0.2) is 42.5 Å². The summed E-state index contributed by atoms with van der Waals surface area (Å²) < 4.78 is 6.18. The molecule has 0 radical (unpaired) electrons. The molecule has 24 heavy (non-hydrogen) atoms. The smallest absolute Gasteiger partial charge is 0.407 e. The van der Waals surface area contributed by atoms with Crippen molar-refractivity contribution in [3.05, 3.63) is 63.0 Å². The molecule has 126 valence electrons. The highest BCUT2D eigenvalue weighted by Crippen LogP contribution is 2.11. The molecule has 5 heteroatoms. The summed E-state index contributed by atoms with van der Waals surface area (Å²) in [6, 6.07) is 13.9. The summed E-state index contributed by atoms with van der Waals surface area (Å²) in [5, 5.41) is 2.75. The minimum Gasteiger partial charge on any atom is -0.444 e. The molecule has 1 amide bonds. The molecule has 0 bridgehead atoms. The van der Waals surface area contributed by atoms with Gasteiger partial charge in [-0.05, 0) is 72.7 Å². The number of carbonyl (C=O) groups excluding carboxylic acids is 1. The topological polar surface area (TPSA) is 51.2 Å². The highest BCUT2D eigenvalue weighted by Gasteiger charge is 2.15. The molecule has 0 unspecified atom stereocenters. The Kier molecular flexibility index (Phi) is 6.36. The molecule has 0 fully saturated rings. The molecular formula is C19H21IN2O2. The largest absolute Gasteiger partial charge is 0.444 e. The van der Waals surface area contributed by atoms with Crippen molar-refractivity contribution >= 4 is 40.8 Å². The zero-order chi connectivity index (χ0) is 17.6. The van der Waals surface area contributed by atoms with Crippen LogP contribution in [0.25, 0.3) is 12.2 Å². The maximum atomic E-state index is 11.6. The lowest BCUT2D eigenvalue weighted by Crippen LogP contribution is -2.32. The summed E-state index contributed by atoms with van der Waals surface area (Å²) in [7, 11) is 0. The Hall–Kier alpha value is -1.89. The SMILES string of the molecule is CC(C)(C)OC(=O)NCc1ccc(/C=C/c2cccc(I)n2)cc1. The van der Waals surface area contributed by atoms with Crippen molar-refractivity contribution in [3.63, 3.8) is 0 Å². The molecule has 0 saturated carbocycles. The molecule has 0 atom stereocenters. The normalized spacial score (nSPS) is 11.5. The van der Waals surface area contributed by atoms with Gasteiger partial charge in [0.05, 0.1) is 5.69 Å². The van der Waals surface area contributed by atoms with E-state index in [4.69, 9.17) is 4.74 Å². The van der Waals surface area contributed by atoms with E-state index in [-0.39, 0.29) is 0 Å². The van der Waals surface area contributed by atoms with Crippen molar-refractivity contribution in [2.45, 2.75) is 32.9 Å². The standard InChI is InChI=1S/C19H21IN2O2/c1-19(2,3)24-18(23)21-13-15-9-7-14(8-10-15)11-12-16-5-4-6-17(20)22-16/h4-12H,13H2,1-3H3,(H,21,23)/b12-11+. The van der Waals surface area contributed by atoms with Crippen LogP contribution in [0.3, 0.4) is 0 Å². The number of hydrogen-bond acceptors (Lipinski definition) is 3. The first-order valence-corrected chi connectivity index (χ1v) is 8.76. The van der Waals surface area contributed by atoms with Crippen molar-refractivity contribution in [1.29, 1.82) is 0 Å². The van der Waals surface area contributed by atoms with Crippen LogP contribution in [0, 0.1) is 3.70 Å². The van der Waals surface area contributed by atoms with Crippen LogP contribution >= 0.6 is 22.6 Å². The summed E-state index contributed by atoms with van der Waals surface area (Å²) in [6.07, 6.45) is 3.59. The van der Waals surface area contributed by atoms with E-state index in [1.165, 1.54) is 0 Å². The van der Waals surface area contributed by atoms with Crippen LogP contribution in [0.1, 0.15) is 37.6 Å². The van der Waals surface area contributed by atoms with Gasteiger partial charge in [0.1, 0.15) is 9.30 Å². The number of pyridine rings is 1. The number of alkyl carbamates (subject to hydrolysis) is 1. The monoisotopic (exact) mass is 436 g/mol. The average Bonchev–Trinajstić information content (AvgIpc) is 2.50. The van der Waals surface area contributed by atoms with Crippen molar-refractivity contribution in [2.75, 3.05) is 0 Å². The first-order valence-electron chi connectivity index (χ1n) is 7.68. The Morgan fingerprint density at radius 3 is 2.50 bits per heavy atom. The highest BCUT2D eigenvalue weighted by molar-refractivity contribution is 14.1. The zero-order valence-electron chi connectivity index (χ0n) is 14.0. The van der Waals surface area contributed by atoms with Gasteiger partial charge in [0, 0.05) is 6.54 Å². The number of aromatic nitrogens is 1. The third kappa shape index (κ3) is 6.70. The van der Waals surface area contributed by atoms with Gasteiger partial charge in [-0.3, -0.25) is 0 Å². The number of amides is 1. The van der Waals surface area contributed by atoms with Crippen LogP contribution in [-0.2, 0) is 11.3 Å².